The molecule has 4 N–H and O–H groups in total. The molecule has 216 valence electrons. The molecule has 0 spiro atoms. The van der Waals surface area contributed by atoms with Crippen LogP contribution in [0.3, 0.4) is 0 Å². The summed E-state index contributed by atoms with van der Waals surface area (Å²) < 4.78 is 19.5. The molecule has 0 amide bonds. The normalized spacial score (nSPS) is 21.9. The van der Waals surface area contributed by atoms with E-state index < -0.39 is 41.7 Å². The number of anilines is 1. The van der Waals surface area contributed by atoms with Gasteiger partial charge in [-0.1, -0.05) is 77.9 Å². The van der Waals surface area contributed by atoms with Crippen molar-refractivity contribution >= 4 is 5.82 Å². The Morgan fingerprint density at radius 1 is 1.05 bits per heavy atom. The first-order valence-electron chi connectivity index (χ1n) is 13.1. The van der Waals surface area contributed by atoms with Crippen LogP contribution in [0.5, 0.6) is 11.5 Å². The molecule has 0 bridgehead atoms. The Morgan fingerprint density at radius 3 is 2.21 bits per heavy atom. The third kappa shape index (κ3) is 4.16. The lowest BCUT2D eigenvalue weighted by atomic mass is 9.60. The summed E-state index contributed by atoms with van der Waals surface area (Å²) >= 11 is 0. The smallest absolute Gasteiger partial charge is 0.351 e. The second-order valence-corrected chi connectivity index (χ2v) is 9.70. The number of benzene rings is 3. The minimum atomic E-state index is -2.09. The predicted molar refractivity (Wildman–Crippen MR) is 154 cm³/mol. The van der Waals surface area contributed by atoms with Crippen molar-refractivity contribution in [2.24, 2.45) is 5.11 Å². The first-order valence-corrected chi connectivity index (χ1v) is 13.1. The van der Waals surface area contributed by atoms with Gasteiger partial charge in [-0.05, 0) is 28.8 Å². The van der Waals surface area contributed by atoms with Crippen molar-refractivity contribution in [2.75, 3.05) is 26.6 Å². The largest absolute Gasteiger partial charge is 0.493 e. The molecular weight excluding hydrogens is 540 g/mol. The van der Waals surface area contributed by atoms with Crippen molar-refractivity contribution in [1.29, 1.82) is 0 Å². The van der Waals surface area contributed by atoms with Crippen LogP contribution in [0.15, 0.2) is 101 Å². The van der Waals surface area contributed by atoms with Crippen molar-refractivity contribution in [3.63, 3.8) is 0 Å². The first kappa shape index (κ1) is 28.7. The lowest BCUT2D eigenvalue weighted by molar-refractivity contribution is -0.152. The summed E-state index contributed by atoms with van der Waals surface area (Å²) in [5.74, 6) is 0.628. The summed E-state index contributed by atoms with van der Waals surface area (Å²) in [6.45, 7) is -0.646. The summed E-state index contributed by atoms with van der Waals surface area (Å²) in [6, 6.07) is 23.4. The van der Waals surface area contributed by atoms with Gasteiger partial charge in [0.05, 0.1) is 32.3 Å². The number of nitrogens with two attached hydrogens (primary N) is 1. The molecule has 0 unspecified atom stereocenters. The zero-order valence-corrected chi connectivity index (χ0v) is 22.9. The zero-order valence-electron chi connectivity index (χ0n) is 22.9. The van der Waals surface area contributed by atoms with Crippen molar-refractivity contribution in [2.45, 2.75) is 29.4 Å². The third-order valence-corrected chi connectivity index (χ3v) is 7.73. The van der Waals surface area contributed by atoms with E-state index >= 15 is 0 Å². The molecule has 12 heteroatoms. The van der Waals surface area contributed by atoms with Crippen LogP contribution in [-0.4, -0.2) is 58.8 Å². The number of aliphatic hydroxyl groups is 2. The van der Waals surface area contributed by atoms with Gasteiger partial charge in [-0.25, -0.2) is 4.79 Å². The molecule has 3 aromatic carbocycles. The highest BCUT2D eigenvalue weighted by Gasteiger charge is 2.69. The number of methoxy groups -OCH3 is 2. The first-order chi connectivity index (χ1) is 20.4. The van der Waals surface area contributed by atoms with Crippen LogP contribution < -0.4 is 20.9 Å². The number of nitrogen functional groups attached to an aromatic ring is 1. The Kier molecular flexibility index (Phi) is 7.88. The van der Waals surface area contributed by atoms with Crippen molar-refractivity contribution in [1.82, 2.24) is 9.55 Å². The second-order valence-electron chi connectivity index (χ2n) is 9.70. The number of hydrogen-bond donors (Lipinski definition) is 3. The topological polar surface area (TPSA) is 178 Å². The fourth-order valence-electron chi connectivity index (χ4n) is 6.15. The van der Waals surface area contributed by atoms with Crippen LogP contribution in [-0.2, 0) is 15.9 Å². The Balaban J connectivity index is 2.13. The SMILES string of the molecule is COc1cccc(C(c2ccccc2)(c2ccccc2)[C@@]2(n3ccc(N)nc3=O)O[C@H](CO)[C@@H](O)[C@H]2N=[N+]=[N-])c1OC. The van der Waals surface area contributed by atoms with Crippen molar-refractivity contribution < 1.29 is 24.4 Å². The van der Waals surface area contributed by atoms with Crippen LogP contribution in [0.25, 0.3) is 10.4 Å². The molecule has 0 aliphatic carbocycles. The Morgan fingerprint density at radius 2 is 1.69 bits per heavy atom. The number of hydrogen-bond acceptors (Lipinski definition) is 9. The molecule has 42 heavy (non-hydrogen) atoms. The molecule has 1 saturated heterocycles. The van der Waals surface area contributed by atoms with Crippen LogP contribution in [0.1, 0.15) is 16.7 Å². The van der Waals surface area contributed by atoms with E-state index in [2.05, 4.69) is 15.0 Å². The number of azide groups is 1. The minimum Gasteiger partial charge on any atom is -0.493 e. The quantitative estimate of drug-likeness (QED) is 0.119. The fourth-order valence-corrected chi connectivity index (χ4v) is 6.15. The lowest BCUT2D eigenvalue weighted by Crippen LogP contribution is -2.63. The molecule has 1 aromatic heterocycles. The Bertz CT molecular complexity index is 1620. The highest BCUT2D eigenvalue weighted by Crippen LogP contribution is 2.60. The Hall–Kier alpha value is -4.87. The van der Waals surface area contributed by atoms with E-state index in [1.165, 1.54) is 31.0 Å². The molecular formula is C30H30N6O6. The van der Waals surface area contributed by atoms with Crippen LogP contribution in [0, 0.1) is 0 Å². The summed E-state index contributed by atoms with van der Waals surface area (Å²) in [4.78, 5) is 20.9. The van der Waals surface area contributed by atoms with Gasteiger partial charge in [0.25, 0.3) is 0 Å². The average molecular weight is 571 g/mol. The molecule has 0 saturated carbocycles. The van der Waals surface area contributed by atoms with Crippen LogP contribution in [0.4, 0.5) is 5.82 Å². The van der Waals surface area contributed by atoms with E-state index in [-0.39, 0.29) is 5.82 Å². The standard InChI is InChI=1S/C30H30N6O6/c1-40-22-15-9-14-21(26(22)41-2)29(19-10-5-3-6-11-19,20-12-7-4-8-13-20)30(36-17-16-24(31)33-28(36)39)27(34-35-32)25(38)23(18-37)42-30/h3-17,23,25,27,37-38H,18H2,1-2H3,(H2,31,33,39)/t23-,25-,27-,30+/m1/s1. The average Bonchev–Trinajstić information content (AvgIpc) is 3.30. The maximum Gasteiger partial charge on any atom is 0.351 e. The van der Waals surface area contributed by atoms with E-state index in [1.54, 1.807) is 18.2 Å². The highest BCUT2D eigenvalue weighted by molar-refractivity contribution is 5.62. The number of para-hydroxylation sites is 1. The highest BCUT2D eigenvalue weighted by atomic mass is 16.6. The van der Waals surface area contributed by atoms with Crippen molar-refractivity contribution in [3.05, 3.63) is 129 Å². The minimum absolute atomic E-state index is 0.0482. The van der Waals surface area contributed by atoms with Gasteiger partial charge in [-0.3, -0.25) is 4.57 Å². The number of nitrogens with zero attached hydrogens (tertiary/aromatic N) is 5. The van der Waals surface area contributed by atoms with Gasteiger partial charge in [0, 0.05) is 16.7 Å². The van der Waals surface area contributed by atoms with Crippen molar-refractivity contribution in [3.8, 4) is 11.5 Å². The van der Waals surface area contributed by atoms with E-state index in [4.69, 9.17) is 19.9 Å². The maximum absolute atomic E-state index is 13.9. The predicted octanol–water partition coefficient (Wildman–Crippen LogP) is 2.96. The van der Waals surface area contributed by atoms with Crippen LogP contribution >= 0.6 is 0 Å². The van der Waals surface area contributed by atoms with Gasteiger partial charge < -0.3 is 30.2 Å². The molecule has 0 radical (unpaired) electrons. The number of aliphatic hydroxyl groups excluding tert-OH is 2. The van der Waals surface area contributed by atoms with E-state index in [9.17, 15) is 20.5 Å². The molecule has 1 aliphatic heterocycles. The monoisotopic (exact) mass is 570 g/mol. The third-order valence-electron chi connectivity index (χ3n) is 7.73. The summed E-state index contributed by atoms with van der Waals surface area (Å²) in [7, 11) is 2.98. The molecule has 5 rings (SSSR count). The number of aromatic nitrogens is 2. The number of rotatable bonds is 9. The summed E-state index contributed by atoms with van der Waals surface area (Å²) in [6.07, 6.45) is -1.43. The van der Waals surface area contributed by atoms with Gasteiger partial charge in [-0.2, -0.15) is 4.98 Å². The zero-order chi connectivity index (χ0) is 29.9. The molecule has 1 aliphatic rings. The van der Waals surface area contributed by atoms with Gasteiger partial charge in [0.1, 0.15) is 18.0 Å². The molecule has 4 atom stereocenters. The Labute approximate surface area is 241 Å². The van der Waals surface area contributed by atoms with Crippen LogP contribution in [0.2, 0.25) is 0 Å². The van der Waals surface area contributed by atoms with E-state index in [0.29, 0.717) is 28.2 Å². The molecule has 1 fully saturated rings. The van der Waals surface area contributed by atoms with E-state index in [0.717, 1.165) is 0 Å². The second kappa shape index (κ2) is 11.6. The van der Waals surface area contributed by atoms with Gasteiger partial charge >= 0.3 is 5.69 Å². The lowest BCUT2D eigenvalue weighted by Gasteiger charge is -2.52. The fraction of sp³-hybridized carbons (Fsp3) is 0.267. The maximum atomic E-state index is 13.9. The summed E-state index contributed by atoms with van der Waals surface area (Å²) in [5, 5.41) is 26.0. The van der Waals surface area contributed by atoms with Gasteiger partial charge in [-0.15, -0.1) is 0 Å². The number of ether oxygens (including phenoxy) is 3. The molecule has 4 aromatic rings. The van der Waals surface area contributed by atoms with E-state index in [1.807, 2.05) is 60.7 Å². The molecule has 2 heterocycles. The summed E-state index contributed by atoms with van der Waals surface area (Å²) in [5.41, 5.74) is 12.8. The van der Waals surface area contributed by atoms with Gasteiger partial charge in [0.2, 0.25) is 0 Å². The van der Waals surface area contributed by atoms with Gasteiger partial charge in [0.15, 0.2) is 17.2 Å². The molecule has 12 nitrogen and oxygen atoms in total.